The molecule has 0 saturated heterocycles. The quantitative estimate of drug-likeness (QED) is 0.362. The average molecular weight is 456 g/mol. The van der Waals surface area contributed by atoms with E-state index < -0.39 is 0 Å². The standard InChI is InChI=1S/C25H25N7O2/c1-2-32-23-19(33-15-18(26)13-16-9-5-3-6-10-16)14-28-20(17-11-7-4-8-12-17)21(23)29-25(32)22-24(27)31-34-30-22/h3-12,14,18H,2,13,15,26H2,1H3,(H2,27,31)/t18-/m1/s1. The van der Waals surface area contributed by atoms with Crippen LogP contribution in [0.15, 0.2) is 71.5 Å². The lowest BCUT2D eigenvalue weighted by atomic mass is 10.1. The van der Waals surface area contributed by atoms with E-state index in [4.69, 9.17) is 30.8 Å². The molecule has 0 spiro atoms. The lowest BCUT2D eigenvalue weighted by Crippen LogP contribution is -2.30. The molecule has 1 atom stereocenters. The Morgan fingerprint density at radius 1 is 1.00 bits per heavy atom. The van der Waals surface area contributed by atoms with Crippen LogP contribution >= 0.6 is 0 Å². The second-order valence-corrected chi connectivity index (χ2v) is 7.97. The molecule has 0 aliphatic rings. The maximum atomic E-state index is 6.38. The number of imidazole rings is 1. The van der Waals surface area contributed by atoms with Gasteiger partial charge in [-0.1, -0.05) is 60.7 Å². The third-order valence-electron chi connectivity index (χ3n) is 5.62. The number of nitrogens with two attached hydrogens (primary N) is 2. The predicted molar refractivity (Wildman–Crippen MR) is 130 cm³/mol. The van der Waals surface area contributed by atoms with Crippen LogP contribution in [-0.2, 0) is 13.0 Å². The van der Waals surface area contributed by atoms with Gasteiger partial charge in [-0.15, -0.1) is 0 Å². The largest absolute Gasteiger partial charge is 0.488 e. The van der Waals surface area contributed by atoms with Crippen molar-refractivity contribution in [3.8, 4) is 28.5 Å². The van der Waals surface area contributed by atoms with Gasteiger partial charge < -0.3 is 20.8 Å². The Bertz CT molecular complexity index is 1400. The van der Waals surface area contributed by atoms with E-state index in [1.807, 2.05) is 60.0 Å². The maximum absolute atomic E-state index is 6.38. The molecule has 3 aromatic heterocycles. The number of ether oxygens (including phenoxy) is 1. The minimum atomic E-state index is -0.181. The van der Waals surface area contributed by atoms with E-state index in [-0.39, 0.29) is 11.9 Å². The summed E-state index contributed by atoms with van der Waals surface area (Å²) in [5.74, 6) is 1.31. The third-order valence-corrected chi connectivity index (χ3v) is 5.62. The number of aromatic nitrogens is 5. The number of nitrogen functional groups attached to an aromatic ring is 1. The van der Waals surface area contributed by atoms with Crippen LogP contribution in [0.4, 0.5) is 5.82 Å². The van der Waals surface area contributed by atoms with Gasteiger partial charge in [-0.25, -0.2) is 14.6 Å². The van der Waals surface area contributed by atoms with Gasteiger partial charge in [0.15, 0.2) is 23.1 Å². The van der Waals surface area contributed by atoms with Crippen molar-refractivity contribution in [2.24, 2.45) is 5.73 Å². The Morgan fingerprint density at radius 3 is 2.41 bits per heavy atom. The van der Waals surface area contributed by atoms with E-state index >= 15 is 0 Å². The van der Waals surface area contributed by atoms with Gasteiger partial charge in [0.1, 0.15) is 17.6 Å². The molecule has 0 saturated carbocycles. The van der Waals surface area contributed by atoms with Crippen LogP contribution in [0.2, 0.25) is 0 Å². The van der Waals surface area contributed by atoms with E-state index in [0.717, 1.165) is 22.3 Å². The van der Waals surface area contributed by atoms with Crippen molar-refractivity contribution >= 4 is 16.9 Å². The van der Waals surface area contributed by atoms with Gasteiger partial charge in [-0.2, -0.15) is 0 Å². The first-order chi connectivity index (χ1) is 16.7. The van der Waals surface area contributed by atoms with Crippen LogP contribution in [0.25, 0.3) is 33.8 Å². The fourth-order valence-corrected chi connectivity index (χ4v) is 4.04. The minimum absolute atomic E-state index is 0.173. The lowest BCUT2D eigenvalue weighted by molar-refractivity contribution is 0.289. The molecule has 3 heterocycles. The van der Waals surface area contributed by atoms with Crippen LogP contribution in [0, 0.1) is 0 Å². The molecule has 0 bridgehead atoms. The van der Waals surface area contributed by atoms with Crippen LogP contribution in [0.3, 0.4) is 0 Å². The van der Waals surface area contributed by atoms with Gasteiger partial charge in [0, 0.05) is 18.2 Å². The summed E-state index contributed by atoms with van der Waals surface area (Å²) in [7, 11) is 0. The zero-order chi connectivity index (χ0) is 23.5. The summed E-state index contributed by atoms with van der Waals surface area (Å²) in [5, 5.41) is 7.68. The van der Waals surface area contributed by atoms with E-state index in [0.29, 0.717) is 42.4 Å². The molecule has 0 amide bonds. The smallest absolute Gasteiger partial charge is 0.199 e. The summed E-state index contributed by atoms with van der Waals surface area (Å²) in [4.78, 5) is 9.56. The van der Waals surface area contributed by atoms with E-state index in [2.05, 4.69) is 22.4 Å². The molecule has 34 heavy (non-hydrogen) atoms. The number of rotatable bonds is 8. The highest BCUT2D eigenvalue weighted by molar-refractivity contribution is 5.95. The lowest BCUT2D eigenvalue weighted by Gasteiger charge is -2.15. The first-order valence-electron chi connectivity index (χ1n) is 11.1. The van der Waals surface area contributed by atoms with Crippen molar-refractivity contribution in [1.29, 1.82) is 0 Å². The van der Waals surface area contributed by atoms with E-state index in [9.17, 15) is 0 Å². The van der Waals surface area contributed by atoms with Crippen molar-refractivity contribution in [3.05, 3.63) is 72.4 Å². The monoisotopic (exact) mass is 455 g/mol. The maximum Gasteiger partial charge on any atom is 0.199 e. The van der Waals surface area contributed by atoms with Crippen LogP contribution < -0.4 is 16.2 Å². The van der Waals surface area contributed by atoms with Crippen molar-refractivity contribution in [2.45, 2.75) is 25.9 Å². The van der Waals surface area contributed by atoms with Gasteiger partial charge >= 0.3 is 0 Å². The summed E-state index contributed by atoms with van der Waals surface area (Å²) < 4.78 is 13.0. The molecule has 9 nitrogen and oxygen atoms in total. The molecule has 0 aliphatic heterocycles. The zero-order valence-corrected chi connectivity index (χ0v) is 18.8. The number of aryl methyl sites for hydroxylation is 1. The minimum Gasteiger partial charge on any atom is -0.488 e. The summed E-state index contributed by atoms with van der Waals surface area (Å²) >= 11 is 0. The van der Waals surface area contributed by atoms with Crippen LogP contribution in [0.5, 0.6) is 5.75 Å². The SMILES string of the molecule is CCn1c(-c2nonc2N)nc2c(-c3ccccc3)ncc(OC[C@H](N)Cc3ccccc3)c21. The molecule has 0 aliphatic carbocycles. The van der Waals surface area contributed by atoms with Gasteiger partial charge in [0.2, 0.25) is 0 Å². The fourth-order valence-electron chi connectivity index (χ4n) is 4.04. The molecule has 0 radical (unpaired) electrons. The molecule has 9 heteroatoms. The van der Waals surface area contributed by atoms with Gasteiger partial charge in [-0.05, 0) is 29.2 Å². The van der Waals surface area contributed by atoms with Crippen molar-refractivity contribution < 1.29 is 9.37 Å². The predicted octanol–water partition coefficient (Wildman–Crippen LogP) is 3.70. The molecular formula is C25H25N7O2. The first kappa shape index (κ1) is 21.6. The van der Waals surface area contributed by atoms with Crippen LogP contribution in [0.1, 0.15) is 12.5 Å². The molecule has 5 aromatic rings. The average Bonchev–Trinajstić information content (AvgIpc) is 3.46. The second-order valence-electron chi connectivity index (χ2n) is 7.97. The molecule has 4 N–H and O–H groups in total. The van der Waals surface area contributed by atoms with Crippen LogP contribution in [-0.4, -0.2) is 37.5 Å². The molecule has 172 valence electrons. The molecular weight excluding hydrogens is 430 g/mol. The molecule has 2 aromatic carbocycles. The normalized spacial score (nSPS) is 12.2. The summed E-state index contributed by atoms with van der Waals surface area (Å²) in [6.07, 6.45) is 2.43. The van der Waals surface area contributed by atoms with Gasteiger partial charge in [0.25, 0.3) is 0 Å². The summed E-state index contributed by atoms with van der Waals surface area (Å²) in [6, 6.07) is 19.8. The Kier molecular flexibility index (Phi) is 5.92. The Morgan fingerprint density at radius 2 is 1.74 bits per heavy atom. The summed E-state index contributed by atoms with van der Waals surface area (Å²) in [5.41, 5.74) is 17.1. The topological polar surface area (TPSA) is 131 Å². The van der Waals surface area contributed by atoms with Crippen molar-refractivity contribution in [2.75, 3.05) is 12.3 Å². The summed E-state index contributed by atoms with van der Waals surface area (Å²) in [6.45, 7) is 2.94. The van der Waals surface area contributed by atoms with E-state index in [1.165, 1.54) is 0 Å². The number of anilines is 1. The Balaban J connectivity index is 1.57. The van der Waals surface area contributed by atoms with Gasteiger partial charge in [0.05, 0.1) is 11.9 Å². The Labute approximate surface area is 196 Å². The molecule has 0 unspecified atom stereocenters. The highest BCUT2D eigenvalue weighted by Gasteiger charge is 2.24. The Hall–Kier alpha value is -4.24. The third kappa shape index (κ3) is 4.08. The number of nitrogens with zero attached hydrogens (tertiary/aromatic N) is 5. The van der Waals surface area contributed by atoms with E-state index in [1.54, 1.807) is 6.20 Å². The van der Waals surface area contributed by atoms with Crippen molar-refractivity contribution in [1.82, 2.24) is 24.8 Å². The van der Waals surface area contributed by atoms with Crippen molar-refractivity contribution in [3.63, 3.8) is 0 Å². The highest BCUT2D eigenvalue weighted by Crippen LogP contribution is 2.36. The zero-order valence-electron chi connectivity index (χ0n) is 18.8. The molecule has 0 fully saturated rings. The number of benzene rings is 2. The first-order valence-corrected chi connectivity index (χ1v) is 11.1. The second kappa shape index (κ2) is 9.32. The number of fused-ring (bicyclic) bond motifs is 1. The highest BCUT2D eigenvalue weighted by atomic mass is 16.6. The molecule has 5 rings (SSSR count). The van der Waals surface area contributed by atoms with Gasteiger partial charge in [-0.3, -0.25) is 0 Å². The number of hydrogen-bond acceptors (Lipinski definition) is 8. The fraction of sp³-hybridized carbons (Fsp3) is 0.200. The number of pyridine rings is 1. The number of hydrogen-bond donors (Lipinski definition) is 2.